The SMILES string of the molecule is COc1cc(/C=C2/SC(=S)N(c3ccc(C)c(C)c3)C2=O)cc(Br)c1OC. The van der Waals surface area contributed by atoms with Gasteiger partial charge in [0.2, 0.25) is 0 Å². The Hall–Kier alpha value is -1.83. The predicted octanol–water partition coefficient (Wildman–Crippen LogP) is 5.49. The number of hydrogen-bond acceptors (Lipinski definition) is 5. The molecule has 0 unspecified atom stereocenters. The van der Waals surface area contributed by atoms with Crippen molar-refractivity contribution in [2.24, 2.45) is 0 Å². The smallest absolute Gasteiger partial charge is 0.270 e. The van der Waals surface area contributed by atoms with Gasteiger partial charge < -0.3 is 9.47 Å². The molecule has 1 amide bonds. The highest BCUT2D eigenvalue weighted by molar-refractivity contribution is 9.10. The van der Waals surface area contributed by atoms with Crippen LogP contribution in [0.1, 0.15) is 16.7 Å². The molecule has 0 radical (unpaired) electrons. The van der Waals surface area contributed by atoms with E-state index in [9.17, 15) is 4.79 Å². The molecule has 0 spiro atoms. The molecule has 1 heterocycles. The Morgan fingerprint density at radius 1 is 1.11 bits per heavy atom. The fraction of sp³-hybridized carbons (Fsp3) is 0.200. The van der Waals surface area contributed by atoms with Gasteiger partial charge in [-0.1, -0.05) is 30.0 Å². The molecule has 2 aromatic rings. The Kier molecular flexibility index (Phi) is 5.93. The van der Waals surface area contributed by atoms with Crippen LogP contribution in [0.5, 0.6) is 11.5 Å². The Bertz CT molecular complexity index is 972. The van der Waals surface area contributed by atoms with E-state index in [1.807, 2.05) is 50.3 Å². The third-order valence-electron chi connectivity index (χ3n) is 4.30. The van der Waals surface area contributed by atoms with Crippen molar-refractivity contribution < 1.29 is 14.3 Å². The van der Waals surface area contributed by atoms with Crippen LogP contribution in [0.4, 0.5) is 5.69 Å². The van der Waals surface area contributed by atoms with Crippen LogP contribution in [-0.4, -0.2) is 24.4 Å². The maximum Gasteiger partial charge on any atom is 0.270 e. The number of carbonyl (C=O) groups is 1. The van der Waals surface area contributed by atoms with Gasteiger partial charge in [0, 0.05) is 0 Å². The van der Waals surface area contributed by atoms with E-state index < -0.39 is 0 Å². The summed E-state index contributed by atoms with van der Waals surface area (Å²) in [5.41, 5.74) is 3.90. The Balaban J connectivity index is 1.97. The molecule has 7 heteroatoms. The number of methoxy groups -OCH3 is 2. The number of halogens is 1. The molecule has 0 aromatic heterocycles. The van der Waals surface area contributed by atoms with Gasteiger partial charge in [0.25, 0.3) is 5.91 Å². The highest BCUT2D eigenvalue weighted by atomic mass is 79.9. The van der Waals surface area contributed by atoms with Crippen LogP contribution < -0.4 is 14.4 Å². The maximum absolute atomic E-state index is 13.0. The monoisotopic (exact) mass is 463 g/mol. The van der Waals surface area contributed by atoms with Crippen molar-refractivity contribution in [2.75, 3.05) is 19.1 Å². The lowest BCUT2D eigenvalue weighted by molar-refractivity contribution is -0.113. The molecule has 4 nitrogen and oxygen atoms in total. The first kappa shape index (κ1) is 19.9. The summed E-state index contributed by atoms with van der Waals surface area (Å²) in [6, 6.07) is 9.60. The molecule has 1 aliphatic heterocycles. The topological polar surface area (TPSA) is 38.8 Å². The fourth-order valence-corrected chi connectivity index (χ4v) is 4.65. The standard InChI is InChI=1S/C20H18BrNO3S2/c1-11-5-6-14(7-12(11)2)22-19(23)17(27-20(22)26)10-13-8-15(21)18(25-4)16(9-13)24-3/h5-10H,1-4H3/b17-10+. The van der Waals surface area contributed by atoms with E-state index in [-0.39, 0.29) is 5.91 Å². The first-order valence-corrected chi connectivity index (χ1v) is 10.1. The Morgan fingerprint density at radius 2 is 1.85 bits per heavy atom. The minimum Gasteiger partial charge on any atom is -0.493 e. The predicted molar refractivity (Wildman–Crippen MR) is 119 cm³/mol. The molecule has 27 heavy (non-hydrogen) atoms. The average Bonchev–Trinajstić information content (AvgIpc) is 2.90. The van der Waals surface area contributed by atoms with Crippen LogP contribution >= 0.6 is 39.9 Å². The molecule has 0 bridgehead atoms. The number of carbonyl (C=O) groups excluding carboxylic acids is 1. The molecule has 0 atom stereocenters. The van der Waals surface area contributed by atoms with Crippen LogP contribution in [0, 0.1) is 13.8 Å². The minimum atomic E-state index is -0.126. The van der Waals surface area contributed by atoms with Crippen LogP contribution in [0.2, 0.25) is 0 Å². The molecule has 0 saturated carbocycles. The first-order chi connectivity index (χ1) is 12.8. The van der Waals surface area contributed by atoms with Gasteiger partial charge >= 0.3 is 0 Å². The van der Waals surface area contributed by atoms with Gasteiger partial charge in [-0.25, -0.2) is 0 Å². The summed E-state index contributed by atoms with van der Waals surface area (Å²) in [6.07, 6.45) is 1.81. The largest absolute Gasteiger partial charge is 0.493 e. The lowest BCUT2D eigenvalue weighted by Gasteiger charge is -2.16. The van der Waals surface area contributed by atoms with Crippen molar-refractivity contribution in [1.29, 1.82) is 0 Å². The number of ether oxygens (including phenoxy) is 2. The molecule has 0 aliphatic carbocycles. The van der Waals surface area contributed by atoms with E-state index in [2.05, 4.69) is 15.9 Å². The van der Waals surface area contributed by atoms with Crippen molar-refractivity contribution in [2.45, 2.75) is 13.8 Å². The van der Waals surface area contributed by atoms with Gasteiger partial charge in [-0.15, -0.1) is 0 Å². The van der Waals surface area contributed by atoms with Gasteiger partial charge in [-0.05, 0) is 76.8 Å². The summed E-state index contributed by atoms with van der Waals surface area (Å²) in [7, 11) is 3.16. The summed E-state index contributed by atoms with van der Waals surface area (Å²) < 4.78 is 12.0. The zero-order valence-corrected chi connectivity index (χ0v) is 18.5. The average molecular weight is 464 g/mol. The Morgan fingerprint density at radius 3 is 2.48 bits per heavy atom. The van der Waals surface area contributed by atoms with Crippen LogP contribution in [0.15, 0.2) is 39.7 Å². The summed E-state index contributed by atoms with van der Waals surface area (Å²) in [4.78, 5) is 15.1. The van der Waals surface area contributed by atoms with Gasteiger partial charge in [-0.3, -0.25) is 9.69 Å². The van der Waals surface area contributed by atoms with Gasteiger partial charge in [0.1, 0.15) is 0 Å². The fourth-order valence-electron chi connectivity index (χ4n) is 2.73. The zero-order chi connectivity index (χ0) is 19.7. The van der Waals surface area contributed by atoms with E-state index >= 15 is 0 Å². The van der Waals surface area contributed by atoms with Gasteiger partial charge in [0.05, 0.1) is 29.3 Å². The molecule has 1 aliphatic rings. The first-order valence-electron chi connectivity index (χ1n) is 8.12. The molecular weight excluding hydrogens is 446 g/mol. The molecule has 3 rings (SSSR count). The minimum absolute atomic E-state index is 0.126. The van der Waals surface area contributed by atoms with E-state index in [4.69, 9.17) is 21.7 Å². The van der Waals surface area contributed by atoms with E-state index in [1.165, 1.54) is 17.3 Å². The lowest BCUT2D eigenvalue weighted by Crippen LogP contribution is -2.27. The van der Waals surface area contributed by atoms with Crippen molar-refractivity contribution in [3.63, 3.8) is 0 Å². The normalized spacial score (nSPS) is 15.6. The second-order valence-corrected chi connectivity index (χ2v) is 8.55. The highest BCUT2D eigenvalue weighted by Gasteiger charge is 2.33. The molecule has 1 fully saturated rings. The van der Waals surface area contributed by atoms with Crippen molar-refractivity contribution in [3.8, 4) is 11.5 Å². The molecule has 0 N–H and O–H groups in total. The molecular formula is C20H18BrNO3S2. The number of rotatable bonds is 4. The van der Waals surface area contributed by atoms with E-state index in [1.54, 1.807) is 19.1 Å². The number of aryl methyl sites for hydroxylation is 2. The molecule has 140 valence electrons. The number of benzene rings is 2. The third-order valence-corrected chi connectivity index (χ3v) is 6.19. The number of thioether (sulfide) groups is 1. The number of hydrogen-bond donors (Lipinski definition) is 0. The third kappa shape index (κ3) is 3.90. The lowest BCUT2D eigenvalue weighted by atomic mass is 10.1. The van der Waals surface area contributed by atoms with Crippen LogP contribution in [0.25, 0.3) is 6.08 Å². The van der Waals surface area contributed by atoms with Gasteiger partial charge in [-0.2, -0.15) is 0 Å². The summed E-state index contributed by atoms with van der Waals surface area (Å²) in [5, 5.41) is 0. The van der Waals surface area contributed by atoms with Crippen molar-refractivity contribution >= 4 is 61.9 Å². The van der Waals surface area contributed by atoms with E-state index in [0.29, 0.717) is 20.7 Å². The zero-order valence-electron chi connectivity index (χ0n) is 15.3. The Labute approximate surface area is 176 Å². The van der Waals surface area contributed by atoms with Crippen LogP contribution in [0.3, 0.4) is 0 Å². The second-order valence-electron chi connectivity index (χ2n) is 6.02. The number of thiocarbonyl (C=S) groups is 1. The maximum atomic E-state index is 13.0. The molecule has 1 saturated heterocycles. The molecule has 2 aromatic carbocycles. The summed E-state index contributed by atoms with van der Waals surface area (Å²) >= 11 is 10.2. The number of anilines is 1. The van der Waals surface area contributed by atoms with Crippen molar-refractivity contribution in [1.82, 2.24) is 0 Å². The van der Waals surface area contributed by atoms with Crippen LogP contribution in [-0.2, 0) is 4.79 Å². The summed E-state index contributed by atoms with van der Waals surface area (Å²) in [5.74, 6) is 1.07. The quantitative estimate of drug-likeness (QED) is 0.442. The second kappa shape index (κ2) is 8.04. The van der Waals surface area contributed by atoms with Crippen molar-refractivity contribution in [3.05, 3.63) is 56.4 Å². The number of amides is 1. The number of nitrogens with zero attached hydrogens (tertiary/aromatic N) is 1. The summed E-state index contributed by atoms with van der Waals surface area (Å²) in [6.45, 7) is 4.06. The van der Waals surface area contributed by atoms with E-state index in [0.717, 1.165) is 21.3 Å². The van der Waals surface area contributed by atoms with Gasteiger partial charge in [0.15, 0.2) is 15.8 Å². The highest BCUT2D eigenvalue weighted by Crippen LogP contribution is 2.40.